The van der Waals surface area contributed by atoms with Crippen molar-refractivity contribution in [2.24, 2.45) is 5.92 Å². The predicted molar refractivity (Wildman–Crippen MR) is 122 cm³/mol. The first kappa shape index (κ1) is 24.8. The first-order chi connectivity index (χ1) is 14.8. The van der Waals surface area contributed by atoms with Gasteiger partial charge in [0.2, 0.25) is 11.5 Å². The van der Waals surface area contributed by atoms with Crippen molar-refractivity contribution in [1.29, 1.82) is 0 Å². The summed E-state index contributed by atoms with van der Waals surface area (Å²) in [6.45, 7) is 5.62. The lowest BCUT2D eigenvalue weighted by Gasteiger charge is -2.20. The van der Waals surface area contributed by atoms with Crippen LogP contribution in [0.15, 0.2) is 18.2 Å². The molecule has 0 aromatic heterocycles. The van der Waals surface area contributed by atoms with E-state index in [4.69, 9.17) is 30.5 Å². The Balaban J connectivity index is 2.49. The van der Waals surface area contributed by atoms with Gasteiger partial charge in [-0.1, -0.05) is 58.1 Å². The number of ether oxygens (including phenoxy) is 4. The zero-order valence-electron chi connectivity index (χ0n) is 18.9. The number of esters is 2. The molecule has 170 valence electrons. The van der Waals surface area contributed by atoms with Gasteiger partial charge in [-0.2, -0.15) is 0 Å². The van der Waals surface area contributed by atoms with Crippen LogP contribution in [0.3, 0.4) is 0 Å². The van der Waals surface area contributed by atoms with E-state index in [0.717, 1.165) is 32.1 Å². The molecule has 2 aromatic carbocycles. The van der Waals surface area contributed by atoms with Crippen LogP contribution in [0.2, 0.25) is 5.02 Å². The Morgan fingerprint density at radius 3 is 2.06 bits per heavy atom. The second-order valence-electron chi connectivity index (χ2n) is 7.63. The Hall–Kier alpha value is -2.47. The van der Waals surface area contributed by atoms with Crippen LogP contribution in [-0.4, -0.2) is 26.2 Å². The zero-order chi connectivity index (χ0) is 23.0. The van der Waals surface area contributed by atoms with E-state index in [-0.39, 0.29) is 34.9 Å². The van der Waals surface area contributed by atoms with Gasteiger partial charge in [0.1, 0.15) is 0 Å². The number of carbonyl (C=O) groups excluding carboxylic acids is 2. The number of methoxy groups -OCH3 is 2. The van der Waals surface area contributed by atoms with Crippen LogP contribution in [-0.2, 0) is 9.59 Å². The second-order valence-corrected chi connectivity index (χ2v) is 8.07. The summed E-state index contributed by atoms with van der Waals surface area (Å²) in [6, 6.07) is 5.02. The maximum Gasteiger partial charge on any atom is 0.313 e. The fourth-order valence-electron chi connectivity index (χ4n) is 3.18. The molecule has 0 saturated heterocycles. The average Bonchev–Trinajstić information content (AvgIpc) is 2.74. The molecule has 31 heavy (non-hydrogen) atoms. The van der Waals surface area contributed by atoms with Gasteiger partial charge >= 0.3 is 11.9 Å². The molecule has 0 heterocycles. The smallest absolute Gasteiger partial charge is 0.313 e. The minimum Gasteiger partial charge on any atom is -0.490 e. The summed E-state index contributed by atoms with van der Waals surface area (Å²) in [5.41, 5.74) is 0. The van der Waals surface area contributed by atoms with Crippen LogP contribution in [0.1, 0.15) is 59.3 Å². The van der Waals surface area contributed by atoms with Gasteiger partial charge in [0, 0.05) is 22.2 Å². The molecule has 0 unspecified atom stereocenters. The summed E-state index contributed by atoms with van der Waals surface area (Å²) < 4.78 is 22.4. The van der Waals surface area contributed by atoms with Crippen LogP contribution in [0.25, 0.3) is 10.8 Å². The standard InChI is InChI=1S/C24H31ClO6/c1-6-7-8-9-10-11-19(26)30-21-18-14-16(25)12-13-17(18)20(31-24(27)15(2)3)22(28-4)23(21)29-5/h12-15H,6-11H2,1-5H3. The van der Waals surface area contributed by atoms with Crippen LogP contribution < -0.4 is 18.9 Å². The fourth-order valence-corrected chi connectivity index (χ4v) is 3.35. The number of halogens is 1. The minimum absolute atomic E-state index is 0.170. The lowest BCUT2D eigenvalue weighted by atomic mass is 10.1. The summed E-state index contributed by atoms with van der Waals surface area (Å²) in [4.78, 5) is 24.9. The van der Waals surface area contributed by atoms with Gasteiger partial charge in [0.25, 0.3) is 0 Å². The van der Waals surface area contributed by atoms with E-state index in [1.807, 2.05) is 0 Å². The van der Waals surface area contributed by atoms with Gasteiger partial charge in [-0.3, -0.25) is 9.59 Å². The monoisotopic (exact) mass is 450 g/mol. The van der Waals surface area contributed by atoms with Gasteiger partial charge in [-0.25, -0.2) is 0 Å². The third kappa shape index (κ3) is 6.26. The Kier molecular flexibility index (Phi) is 9.44. The first-order valence-electron chi connectivity index (χ1n) is 10.6. The van der Waals surface area contributed by atoms with E-state index < -0.39 is 5.97 Å². The molecule has 0 spiro atoms. The number of benzene rings is 2. The van der Waals surface area contributed by atoms with Crippen molar-refractivity contribution in [1.82, 2.24) is 0 Å². The molecule has 0 bridgehead atoms. The molecule has 0 aliphatic carbocycles. The van der Waals surface area contributed by atoms with Crippen LogP contribution in [0.4, 0.5) is 0 Å². The third-order valence-corrected chi connectivity index (χ3v) is 5.11. The highest BCUT2D eigenvalue weighted by molar-refractivity contribution is 6.31. The van der Waals surface area contributed by atoms with Crippen LogP contribution in [0, 0.1) is 5.92 Å². The number of hydrogen-bond acceptors (Lipinski definition) is 6. The van der Waals surface area contributed by atoms with E-state index in [1.165, 1.54) is 14.2 Å². The Bertz CT molecular complexity index is 922. The van der Waals surface area contributed by atoms with Crippen molar-refractivity contribution >= 4 is 34.3 Å². The van der Waals surface area contributed by atoms with E-state index in [1.54, 1.807) is 32.0 Å². The largest absolute Gasteiger partial charge is 0.490 e. The summed E-state index contributed by atoms with van der Waals surface area (Å²) >= 11 is 6.22. The molecule has 6 nitrogen and oxygen atoms in total. The number of carbonyl (C=O) groups is 2. The number of hydrogen-bond donors (Lipinski definition) is 0. The molecule has 7 heteroatoms. The van der Waals surface area contributed by atoms with Gasteiger partial charge < -0.3 is 18.9 Å². The van der Waals surface area contributed by atoms with E-state index in [0.29, 0.717) is 22.2 Å². The van der Waals surface area contributed by atoms with Crippen LogP contribution in [0.5, 0.6) is 23.0 Å². The summed E-state index contributed by atoms with van der Waals surface area (Å²) in [5, 5.41) is 1.47. The molecule has 2 aromatic rings. The third-order valence-electron chi connectivity index (χ3n) is 4.87. The Morgan fingerprint density at radius 1 is 0.871 bits per heavy atom. The Morgan fingerprint density at radius 2 is 1.48 bits per heavy atom. The van der Waals surface area contributed by atoms with Gasteiger partial charge in [0.05, 0.1) is 20.1 Å². The van der Waals surface area contributed by atoms with E-state index in [2.05, 4.69) is 6.92 Å². The van der Waals surface area contributed by atoms with Crippen molar-refractivity contribution < 1.29 is 28.5 Å². The molecule has 0 atom stereocenters. The molecule has 0 fully saturated rings. The quantitative estimate of drug-likeness (QED) is 0.226. The summed E-state index contributed by atoms with van der Waals surface area (Å²) in [6.07, 6.45) is 5.40. The number of rotatable bonds is 11. The van der Waals surface area contributed by atoms with Crippen molar-refractivity contribution in [2.75, 3.05) is 14.2 Å². The van der Waals surface area contributed by atoms with Crippen molar-refractivity contribution in [3.63, 3.8) is 0 Å². The average molecular weight is 451 g/mol. The molecular weight excluding hydrogens is 420 g/mol. The predicted octanol–water partition coefficient (Wildman–Crippen LogP) is 6.34. The maximum atomic E-state index is 12.6. The number of fused-ring (bicyclic) bond motifs is 1. The first-order valence-corrected chi connectivity index (χ1v) is 11.0. The molecule has 0 amide bonds. The van der Waals surface area contributed by atoms with Gasteiger partial charge in [0.15, 0.2) is 11.5 Å². The normalized spacial score (nSPS) is 10.9. The summed E-state index contributed by atoms with van der Waals surface area (Å²) in [5.74, 6) is -0.397. The molecule has 2 rings (SSSR count). The maximum absolute atomic E-state index is 12.6. The topological polar surface area (TPSA) is 71.1 Å². The van der Waals surface area contributed by atoms with Crippen molar-refractivity contribution in [2.45, 2.75) is 59.3 Å². The van der Waals surface area contributed by atoms with Crippen molar-refractivity contribution in [3.8, 4) is 23.0 Å². The fraction of sp³-hybridized carbons (Fsp3) is 0.500. The molecule has 0 N–H and O–H groups in total. The highest BCUT2D eigenvalue weighted by atomic mass is 35.5. The Labute approximate surface area is 188 Å². The molecule has 0 aliphatic rings. The molecule has 0 radical (unpaired) electrons. The highest BCUT2D eigenvalue weighted by Crippen LogP contribution is 2.51. The lowest BCUT2D eigenvalue weighted by molar-refractivity contribution is -0.138. The zero-order valence-corrected chi connectivity index (χ0v) is 19.6. The van der Waals surface area contributed by atoms with Gasteiger partial charge in [-0.15, -0.1) is 0 Å². The van der Waals surface area contributed by atoms with Crippen molar-refractivity contribution in [3.05, 3.63) is 23.2 Å². The van der Waals surface area contributed by atoms with Crippen LogP contribution >= 0.6 is 11.6 Å². The minimum atomic E-state index is -0.423. The lowest BCUT2D eigenvalue weighted by Crippen LogP contribution is -2.16. The molecular formula is C24H31ClO6. The van der Waals surface area contributed by atoms with Gasteiger partial charge in [-0.05, 0) is 24.6 Å². The molecule has 0 aliphatic heterocycles. The second kappa shape index (κ2) is 11.8. The molecule has 0 saturated carbocycles. The highest BCUT2D eigenvalue weighted by Gasteiger charge is 2.27. The SMILES string of the molecule is CCCCCCCC(=O)Oc1c(OC)c(OC)c(OC(=O)C(C)C)c2ccc(Cl)cc12. The van der Waals surface area contributed by atoms with E-state index in [9.17, 15) is 9.59 Å². The van der Waals surface area contributed by atoms with E-state index >= 15 is 0 Å². The number of unbranched alkanes of at least 4 members (excludes halogenated alkanes) is 4. The summed E-state index contributed by atoms with van der Waals surface area (Å²) in [7, 11) is 2.87.